The number of rotatable bonds is 5. The van der Waals surface area contributed by atoms with Gasteiger partial charge in [-0.05, 0) is 12.1 Å². The van der Waals surface area contributed by atoms with E-state index in [0.29, 0.717) is 5.56 Å². The summed E-state index contributed by atoms with van der Waals surface area (Å²) in [7, 11) is 1.12. The maximum absolute atomic E-state index is 12.7. The molecule has 1 unspecified atom stereocenters. The van der Waals surface area contributed by atoms with Crippen molar-refractivity contribution in [3.8, 4) is 11.5 Å². The summed E-state index contributed by atoms with van der Waals surface area (Å²) in [5.74, 6) is -4.76. The van der Waals surface area contributed by atoms with Crippen molar-refractivity contribution in [2.75, 3.05) is 14.2 Å². The molecule has 0 bridgehead atoms. The van der Waals surface area contributed by atoms with Crippen molar-refractivity contribution >= 4 is 19.7 Å². The van der Waals surface area contributed by atoms with Crippen LogP contribution in [0.3, 0.4) is 0 Å². The van der Waals surface area contributed by atoms with Crippen LogP contribution in [0.25, 0.3) is 0 Å². The second-order valence-electron chi connectivity index (χ2n) is 4.54. The molecule has 0 aliphatic heterocycles. The summed E-state index contributed by atoms with van der Waals surface area (Å²) in [6.07, 6.45) is 0. The number of carbonyl (C=O) groups is 1. The molecule has 0 amide bonds. The Balaban J connectivity index is 0.00000288. The second-order valence-corrected chi connectivity index (χ2v) is 5.90. The number of hydrogen-bond donors (Lipinski definition) is 0. The van der Waals surface area contributed by atoms with Crippen LogP contribution in [-0.2, 0) is 0 Å². The number of benzene rings is 2. The van der Waals surface area contributed by atoms with E-state index in [1.54, 1.807) is 30.3 Å². The fraction of sp³-hybridized carbons (Fsp3) is 0.188. The first kappa shape index (κ1) is 20.6. The fourth-order valence-corrected chi connectivity index (χ4v) is 2.96. The summed E-state index contributed by atoms with van der Waals surface area (Å²) in [6, 6.07) is 10.9. The predicted molar refractivity (Wildman–Crippen MR) is 84.5 cm³/mol. The first-order valence-corrected chi connectivity index (χ1v) is 7.57. The maximum atomic E-state index is 12.7. The molecule has 0 radical (unpaired) electrons. The van der Waals surface area contributed by atoms with Crippen LogP contribution in [0.4, 0.5) is 13.2 Å². The van der Waals surface area contributed by atoms with Gasteiger partial charge in [-0.15, -0.1) is 0 Å². The molecule has 2 rings (SSSR count). The van der Waals surface area contributed by atoms with Gasteiger partial charge in [-0.2, -0.15) is 13.2 Å². The normalized spacial score (nSPS) is 11.2. The van der Waals surface area contributed by atoms with Gasteiger partial charge in [0.2, 0.25) is 5.78 Å². The molecule has 1 atom stereocenters. The van der Waals surface area contributed by atoms with Gasteiger partial charge in [-0.1, -0.05) is 30.3 Å². The minimum Gasteiger partial charge on any atom is -1.00 e. The van der Waals surface area contributed by atoms with Crippen LogP contribution in [-0.4, -0.2) is 25.9 Å². The summed E-state index contributed by atoms with van der Waals surface area (Å²) < 4.78 is 48.5. The van der Waals surface area contributed by atoms with Gasteiger partial charge < -0.3 is 10.9 Å². The summed E-state index contributed by atoms with van der Waals surface area (Å²) in [5.41, 5.74) is 0.340. The first-order chi connectivity index (χ1) is 10.9. The smallest absolute Gasteiger partial charge is 1.00 e. The topological polar surface area (TPSA) is 35.5 Å². The van der Waals surface area contributed by atoms with Crippen molar-refractivity contribution in [1.82, 2.24) is 0 Å². The molecule has 0 saturated heterocycles. The Kier molecular flexibility index (Phi) is 7.35. The molecule has 0 fully saturated rings. The quantitative estimate of drug-likeness (QED) is 0.456. The molecule has 0 aliphatic rings. The summed E-state index contributed by atoms with van der Waals surface area (Å²) in [4.78, 5) is 12.7. The standard InChI is InChI=1S/C16H14F3O3P.Li.H/c1-21-11-8-9-12(23-16(17,18)19)15(22-2)13(11)14(20)10-6-4-3-5-7-10;;/h3-9,23H,1-2H3;;/q;+1;-1. The summed E-state index contributed by atoms with van der Waals surface area (Å²) in [5, 5.41) is -0.0833. The van der Waals surface area contributed by atoms with E-state index in [9.17, 15) is 18.0 Å². The van der Waals surface area contributed by atoms with Crippen molar-refractivity contribution in [1.29, 1.82) is 0 Å². The molecule has 2 aromatic carbocycles. The van der Waals surface area contributed by atoms with Gasteiger partial charge in [0.25, 0.3) is 0 Å². The van der Waals surface area contributed by atoms with E-state index in [0.717, 1.165) is 0 Å². The van der Waals surface area contributed by atoms with Crippen molar-refractivity contribution in [3.05, 3.63) is 53.6 Å². The van der Waals surface area contributed by atoms with Gasteiger partial charge in [-0.25, -0.2) is 0 Å². The Morgan fingerprint density at radius 2 is 1.67 bits per heavy atom. The average Bonchev–Trinajstić information content (AvgIpc) is 2.53. The zero-order valence-corrected chi connectivity index (χ0v) is 14.4. The molecule has 0 aromatic heterocycles. The maximum Gasteiger partial charge on any atom is 1.00 e. The van der Waals surface area contributed by atoms with Gasteiger partial charge in [0.15, 0.2) is 0 Å². The number of ether oxygens (including phenoxy) is 2. The number of methoxy groups -OCH3 is 2. The summed E-state index contributed by atoms with van der Waals surface area (Å²) >= 11 is 0. The molecule has 124 valence electrons. The SMILES string of the molecule is COc1ccc(PC(F)(F)F)c(OC)c1C(=O)c1ccccc1.[H-].[Li+]. The predicted octanol–water partition coefficient (Wildman–Crippen LogP) is 0.875. The summed E-state index contributed by atoms with van der Waals surface area (Å²) in [6.45, 7) is 0. The van der Waals surface area contributed by atoms with Crippen molar-refractivity contribution < 1.29 is 47.7 Å². The molecular weight excluding hydrogens is 335 g/mol. The van der Waals surface area contributed by atoms with Gasteiger partial charge in [-0.3, -0.25) is 4.79 Å². The molecule has 0 spiro atoms. The van der Waals surface area contributed by atoms with Crippen LogP contribution in [0, 0.1) is 0 Å². The fourth-order valence-electron chi connectivity index (χ4n) is 2.15. The van der Waals surface area contributed by atoms with Crippen LogP contribution in [0.5, 0.6) is 11.5 Å². The number of ketones is 1. The molecule has 3 nitrogen and oxygen atoms in total. The molecule has 2 aromatic rings. The Hall–Kier alpha value is -1.47. The third-order valence-corrected chi connectivity index (χ3v) is 4.03. The number of hydrogen-bond acceptors (Lipinski definition) is 3. The average molecular weight is 350 g/mol. The molecule has 0 N–H and O–H groups in total. The second kappa shape index (κ2) is 8.57. The van der Waals surface area contributed by atoms with Crippen LogP contribution in [0.2, 0.25) is 0 Å². The number of halogens is 3. The molecule has 0 heterocycles. The molecule has 0 saturated carbocycles. The van der Waals surface area contributed by atoms with Crippen LogP contribution in [0.15, 0.2) is 42.5 Å². The Labute approximate surface area is 153 Å². The monoisotopic (exact) mass is 350 g/mol. The van der Waals surface area contributed by atoms with Crippen molar-refractivity contribution in [2.24, 2.45) is 0 Å². The van der Waals surface area contributed by atoms with Gasteiger partial charge in [0.1, 0.15) is 17.1 Å². The van der Waals surface area contributed by atoms with E-state index in [4.69, 9.17) is 9.47 Å². The third kappa shape index (κ3) is 4.77. The molecule has 24 heavy (non-hydrogen) atoms. The molecular formula is C16H15F3LiO3P. The van der Waals surface area contributed by atoms with Crippen molar-refractivity contribution in [3.63, 3.8) is 0 Å². The van der Waals surface area contributed by atoms with Crippen LogP contribution < -0.4 is 33.6 Å². The Morgan fingerprint density at radius 3 is 2.17 bits per heavy atom. The third-order valence-electron chi connectivity index (χ3n) is 3.08. The number of alkyl halides is 3. The van der Waals surface area contributed by atoms with Crippen molar-refractivity contribution in [2.45, 2.75) is 5.92 Å². The van der Waals surface area contributed by atoms with Gasteiger partial charge in [0.05, 0.1) is 14.2 Å². The van der Waals surface area contributed by atoms with E-state index in [-0.39, 0.29) is 42.7 Å². The zero-order chi connectivity index (χ0) is 17.0. The van der Waals surface area contributed by atoms with E-state index >= 15 is 0 Å². The number of carbonyl (C=O) groups excluding carboxylic acids is 1. The van der Waals surface area contributed by atoms with E-state index in [1.165, 1.54) is 26.4 Å². The van der Waals surface area contributed by atoms with Gasteiger partial charge in [0, 0.05) is 19.4 Å². The van der Waals surface area contributed by atoms with Crippen LogP contribution in [0.1, 0.15) is 17.3 Å². The first-order valence-electron chi connectivity index (χ1n) is 6.57. The van der Waals surface area contributed by atoms with Crippen LogP contribution >= 0.6 is 8.58 Å². The molecule has 8 heteroatoms. The minimum atomic E-state index is -4.38. The largest absolute Gasteiger partial charge is 1.00 e. The Bertz CT molecular complexity index is 712. The van der Waals surface area contributed by atoms with E-state index in [1.807, 2.05) is 0 Å². The molecule has 0 aliphatic carbocycles. The van der Waals surface area contributed by atoms with E-state index < -0.39 is 20.3 Å². The minimum absolute atomic E-state index is 0. The zero-order valence-electron chi connectivity index (χ0n) is 14.4. The van der Waals surface area contributed by atoms with E-state index in [2.05, 4.69) is 0 Å². The Morgan fingerprint density at radius 1 is 1.04 bits per heavy atom. The van der Waals surface area contributed by atoms with Gasteiger partial charge >= 0.3 is 24.8 Å².